The van der Waals surface area contributed by atoms with Crippen LogP contribution in [-0.2, 0) is 9.59 Å². The zero-order valence-electron chi connectivity index (χ0n) is 15.4. The van der Waals surface area contributed by atoms with Crippen LogP contribution in [0.4, 0.5) is 11.4 Å². The summed E-state index contributed by atoms with van der Waals surface area (Å²) in [6, 6.07) is 17.4. The van der Waals surface area contributed by atoms with Crippen molar-refractivity contribution >= 4 is 29.3 Å². The van der Waals surface area contributed by atoms with Crippen molar-refractivity contribution < 1.29 is 9.59 Å². The second kappa shape index (κ2) is 9.57. The molecular weight excluding hydrogens is 338 g/mol. The largest absolute Gasteiger partial charge is 0.372 e. The lowest BCUT2D eigenvalue weighted by Crippen LogP contribution is -2.31. The van der Waals surface area contributed by atoms with Gasteiger partial charge in [-0.05, 0) is 55.2 Å². The van der Waals surface area contributed by atoms with Gasteiger partial charge in [0, 0.05) is 30.5 Å². The Morgan fingerprint density at radius 3 is 2.33 bits per heavy atom. The number of carbonyl (C=O) groups is 2. The summed E-state index contributed by atoms with van der Waals surface area (Å²) in [5.41, 5.74) is 2.85. The third kappa shape index (κ3) is 5.99. The topological polar surface area (TPSA) is 61.4 Å². The second-order valence-electron chi connectivity index (χ2n) is 6.60. The summed E-state index contributed by atoms with van der Waals surface area (Å²) in [5.74, 6) is -0.545. The number of anilines is 2. The van der Waals surface area contributed by atoms with Crippen LogP contribution in [0.3, 0.4) is 0 Å². The van der Waals surface area contributed by atoms with Gasteiger partial charge in [-0.15, -0.1) is 0 Å². The minimum Gasteiger partial charge on any atom is -0.372 e. The van der Waals surface area contributed by atoms with E-state index in [0.29, 0.717) is 0 Å². The maximum atomic E-state index is 12.0. The van der Waals surface area contributed by atoms with Crippen molar-refractivity contribution in [2.45, 2.75) is 19.3 Å². The Morgan fingerprint density at radius 1 is 0.926 bits per heavy atom. The fraction of sp³-hybridized carbons (Fsp3) is 0.273. The molecule has 2 amide bonds. The van der Waals surface area contributed by atoms with Gasteiger partial charge in [0.05, 0.1) is 6.54 Å². The van der Waals surface area contributed by atoms with Crippen LogP contribution in [0, 0.1) is 0 Å². The summed E-state index contributed by atoms with van der Waals surface area (Å²) < 4.78 is 0. The van der Waals surface area contributed by atoms with Gasteiger partial charge >= 0.3 is 0 Å². The summed E-state index contributed by atoms with van der Waals surface area (Å²) in [6.07, 6.45) is 6.91. The Labute approximate surface area is 160 Å². The van der Waals surface area contributed by atoms with E-state index in [1.807, 2.05) is 54.6 Å². The average molecular weight is 363 g/mol. The van der Waals surface area contributed by atoms with Crippen LogP contribution in [0.15, 0.2) is 60.7 Å². The van der Waals surface area contributed by atoms with Gasteiger partial charge in [0.1, 0.15) is 0 Å². The van der Waals surface area contributed by atoms with Gasteiger partial charge < -0.3 is 15.5 Å². The third-order valence-electron chi connectivity index (χ3n) is 4.52. The second-order valence-corrected chi connectivity index (χ2v) is 6.60. The summed E-state index contributed by atoms with van der Waals surface area (Å²) in [7, 11) is 0. The summed E-state index contributed by atoms with van der Waals surface area (Å²) in [6.45, 7) is 2.12. The van der Waals surface area contributed by atoms with Gasteiger partial charge in [-0.2, -0.15) is 0 Å². The van der Waals surface area contributed by atoms with Gasteiger partial charge in [-0.3, -0.25) is 9.59 Å². The van der Waals surface area contributed by atoms with Gasteiger partial charge in [0.15, 0.2) is 0 Å². The lowest BCUT2D eigenvalue weighted by molar-refractivity contribution is -0.121. The number of nitrogens with zero attached hydrogens (tertiary/aromatic N) is 1. The highest BCUT2D eigenvalue weighted by Gasteiger charge is 2.11. The molecule has 1 saturated heterocycles. The van der Waals surface area contributed by atoms with E-state index in [-0.39, 0.29) is 18.4 Å². The highest BCUT2D eigenvalue weighted by molar-refractivity contribution is 5.98. The SMILES string of the molecule is O=C(/C=C/c1ccccc1)NCC(=O)Nc1ccc(N2CCCCC2)cc1. The molecule has 0 unspecified atom stereocenters. The first-order chi connectivity index (χ1) is 13.2. The van der Waals surface area contributed by atoms with Crippen LogP contribution in [0.1, 0.15) is 24.8 Å². The quantitative estimate of drug-likeness (QED) is 0.773. The van der Waals surface area contributed by atoms with E-state index >= 15 is 0 Å². The van der Waals surface area contributed by atoms with Crippen molar-refractivity contribution in [2.75, 3.05) is 29.9 Å². The number of nitrogens with one attached hydrogen (secondary N) is 2. The molecule has 2 aromatic rings. The lowest BCUT2D eigenvalue weighted by Gasteiger charge is -2.28. The minimum absolute atomic E-state index is 0.0637. The van der Waals surface area contributed by atoms with Crippen molar-refractivity contribution in [1.82, 2.24) is 5.32 Å². The smallest absolute Gasteiger partial charge is 0.244 e. The number of benzene rings is 2. The highest BCUT2D eigenvalue weighted by Crippen LogP contribution is 2.21. The number of piperidine rings is 1. The predicted octanol–water partition coefficient (Wildman–Crippen LogP) is 3.45. The van der Waals surface area contributed by atoms with E-state index in [1.54, 1.807) is 6.08 Å². The summed E-state index contributed by atoms with van der Waals surface area (Å²) >= 11 is 0. The van der Waals surface area contributed by atoms with Crippen LogP contribution in [0.2, 0.25) is 0 Å². The van der Waals surface area contributed by atoms with Crippen LogP contribution in [-0.4, -0.2) is 31.4 Å². The fourth-order valence-electron chi connectivity index (χ4n) is 3.08. The third-order valence-corrected chi connectivity index (χ3v) is 4.52. The van der Waals surface area contributed by atoms with Crippen molar-refractivity contribution in [1.29, 1.82) is 0 Å². The molecule has 1 aliphatic rings. The monoisotopic (exact) mass is 363 g/mol. The molecule has 0 aliphatic carbocycles. The molecule has 1 fully saturated rings. The van der Waals surface area contributed by atoms with Crippen LogP contribution >= 0.6 is 0 Å². The molecule has 27 heavy (non-hydrogen) atoms. The van der Waals surface area contributed by atoms with E-state index in [4.69, 9.17) is 0 Å². The molecule has 5 nitrogen and oxygen atoms in total. The Balaban J connectivity index is 1.43. The zero-order chi connectivity index (χ0) is 18.9. The molecule has 0 bridgehead atoms. The molecule has 140 valence electrons. The summed E-state index contributed by atoms with van der Waals surface area (Å²) in [5, 5.41) is 5.39. The number of rotatable bonds is 6. The maximum Gasteiger partial charge on any atom is 0.244 e. The molecule has 0 aromatic heterocycles. The van der Waals surface area contributed by atoms with Crippen molar-refractivity contribution in [3.05, 3.63) is 66.2 Å². The number of amides is 2. The first-order valence-corrected chi connectivity index (χ1v) is 9.36. The van der Waals surface area contributed by atoms with Gasteiger partial charge in [0.25, 0.3) is 0 Å². The van der Waals surface area contributed by atoms with E-state index < -0.39 is 0 Å². The molecular formula is C22H25N3O2. The van der Waals surface area contributed by atoms with Crippen molar-refractivity contribution in [2.24, 2.45) is 0 Å². The summed E-state index contributed by atoms with van der Waals surface area (Å²) in [4.78, 5) is 26.2. The molecule has 3 rings (SSSR count). The van der Waals surface area contributed by atoms with Gasteiger partial charge in [-0.1, -0.05) is 30.3 Å². The van der Waals surface area contributed by atoms with Crippen molar-refractivity contribution in [3.63, 3.8) is 0 Å². The molecule has 2 aromatic carbocycles. The van der Waals surface area contributed by atoms with Gasteiger partial charge in [0.2, 0.25) is 11.8 Å². The lowest BCUT2D eigenvalue weighted by atomic mass is 10.1. The Morgan fingerprint density at radius 2 is 1.63 bits per heavy atom. The standard InChI is InChI=1S/C22H25N3O2/c26-21(14-9-18-7-3-1-4-8-18)23-17-22(27)24-19-10-12-20(13-11-19)25-15-5-2-6-16-25/h1,3-4,7-14H,2,5-6,15-17H2,(H,23,26)(H,24,27)/b14-9+. The molecule has 0 radical (unpaired) electrons. The van der Waals surface area contributed by atoms with Crippen LogP contribution < -0.4 is 15.5 Å². The molecule has 0 saturated carbocycles. The predicted molar refractivity (Wildman–Crippen MR) is 110 cm³/mol. The first-order valence-electron chi connectivity index (χ1n) is 9.36. The molecule has 5 heteroatoms. The maximum absolute atomic E-state index is 12.0. The van der Waals surface area contributed by atoms with E-state index in [2.05, 4.69) is 15.5 Å². The molecule has 1 heterocycles. The van der Waals surface area contributed by atoms with Crippen molar-refractivity contribution in [3.8, 4) is 0 Å². The fourth-order valence-corrected chi connectivity index (χ4v) is 3.08. The Hall–Kier alpha value is -3.08. The number of carbonyl (C=O) groups excluding carboxylic acids is 2. The normalized spacial score (nSPS) is 14.1. The molecule has 1 aliphatic heterocycles. The average Bonchev–Trinajstić information content (AvgIpc) is 2.73. The van der Waals surface area contributed by atoms with E-state index in [0.717, 1.165) is 24.3 Å². The first kappa shape index (κ1) is 18.7. The van der Waals surface area contributed by atoms with E-state index in [9.17, 15) is 9.59 Å². The molecule has 2 N–H and O–H groups in total. The van der Waals surface area contributed by atoms with Gasteiger partial charge in [-0.25, -0.2) is 0 Å². The molecule has 0 atom stereocenters. The zero-order valence-corrected chi connectivity index (χ0v) is 15.4. The number of hydrogen-bond donors (Lipinski definition) is 2. The van der Waals surface area contributed by atoms with Crippen LogP contribution in [0.25, 0.3) is 6.08 Å². The molecule has 0 spiro atoms. The minimum atomic E-state index is -0.297. The Bertz CT molecular complexity index is 779. The van der Waals surface area contributed by atoms with Crippen LogP contribution in [0.5, 0.6) is 0 Å². The number of hydrogen-bond acceptors (Lipinski definition) is 3. The Kier molecular flexibility index (Phi) is 6.63. The highest BCUT2D eigenvalue weighted by atomic mass is 16.2. The van der Waals surface area contributed by atoms with E-state index in [1.165, 1.54) is 31.0 Å².